The van der Waals surface area contributed by atoms with Gasteiger partial charge in [0, 0.05) is 18.8 Å². The van der Waals surface area contributed by atoms with Gasteiger partial charge in [0.25, 0.3) is 0 Å². The van der Waals surface area contributed by atoms with Gasteiger partial charge in [0.1, 0.15) is 18.7 Å². The first kappa shape index (κ1) is 26.5. The Morgan fingerprint density at radius 3 is 2.64 bits per heavy atom. The number of amides is 4. The summed E-state index contributed by atoms with van der Waals surface area (Å²) in [5, 5.41) is 2.93. The molecule has 3 atom stereocenters. The van der Waals surface area contributed by atoms with Gasteiger partial charge in [-0.3, -0.25) is 19.3 Å². The number of hydrogen-bond acceptors (Lipinski definition) is 5. The van der Waals surface area contributed by atoms with E-state index in [0.29, 0.717) is 18.5 Å². The number of primary amides is 1. The Kier molecular flexibility index (Phi) is 7.16. The number of carbonyl (C=O) groups is 4. The first-order valence-electron chi connectivity index (χ1n) is 13.4. The van der Waals surface area contributed by atoms with Crippen molar-refractivity contribution in [1.29, 1.82) is 0 Å². The van der Waals surface area contributed by atoms with Crippen LogP contribution < -0.4 is 11.1 Å². The number of anilines is 1. The molecule has 204 valence electrons. The van der Waals surface area contributed by atoms with E-state index in [1.54, 1.807) is 0 Å². The third-order valence-electron chi connectivity index (χ3n) is 7.85. The molecule has 0 aromatic heterocycles. The minimum Gasteiger partial charge on any atom is -0.445 e. The van der Waals surface area contributed by atoms with E-state index < -0.39 is 35.4 Å². The van der Waals surface area contributed by atoms with Gasteiger partial charge in [-0.15, -0.1) is 0 Å². The van der Waals surface area contributed by atoms with Gasteiger partial charge in [0.05, 0.1) is 5.41 Å². The summed E-state index contributed by atoms with van der Waals surface area (Å²) >= 11 is 0. The van der Waals surface area contributed by atoms with Crippen molar-refractivity contribution in [2.24, 2.45) is 11.7 Å². The van der Waals surface area contributed by atoms with E-state index in [1.807, 2.05) is 74.5 Å². The molecule has 2 aromatic carbocycles. The zero-order valence-corrected chi connectivity index (χ0v) is 22.3. The van der Waals surface area contributed by atoms with Gasteiger partial charge in [-0.25, -0.2) is 4.79 Å². The summed E-state index contributed by atoms with van der Waals surface area (Å²) in [5.74, 6) is -1.27. The van der Waals surface area contributed by atoms with Crippen LogP contribution >= 0.6 is 0 Å². The van der Waals surface area contributed by atoms with Crippen LogP contribution in [0.15, 0.2) is 54.6 Å². The summed E-state index contributed by atoms with van der Waals surface area (Å²) in [6, 6.07) is 13.2. The van der Waals surface area contributed by atoms with E-state index in [0.717, 1.165) is 16.7 Å². The number of hydrogen-bond donors (Lipinski definition) is 2. The van der Waals surface area contributed by atoms with Crippen LogP contribution in [0.5, 0.6) is 0 Å². The van der Waals surface area contributed by atoms with Crippen molar-refractivity contribution >= 4 is 35.6 Å². The maximum absolute atomic E-state index is 14.3. The second-order valence-electron chi connectivity index (χ2n) is 11.0. The Balaban J connectivity index is 1.55. The molecule has 0 radical (unpaired) electrons. The molecule has 4 bridgehead atoms. The average Bonchev–Trinajstić information content (AvgIpc) is 3.45. The van der Waals surface area contributed by atoms with Gasteiger partial charge in [-0.2, -0.15) is 0 Å². The van der Waals surface area contributed by atoms with Crippen LogP contribution in [0.1, 0.15) is 49.8 Å². The molecule has 5 rings (SSSR count). The third-order valence-corrected chi connectivity index (χ3v) is 7.85. The molecule has 2 aromatic rings. The maximum Gasteiger partial charge on any atom is 0.410 e. The molecule has 39 heavy (non-hydrogen) atoms. The minimum atomic E-state index is -1.09. The zero-order chi connectivity index (χ0) is 27.7. The lowest BCUT2D eigenvalue weighted by atomic mass is 9.79. The maximum atomic E-state index is 14.3. The number of fused-ring (bicyclic) bond motifs is 2. The van der Waals surface area contributed by atoms with Crippen LogP contribution in [-0.4, -0.2) is 58.8 Å². The predicted molar refractivity (Wildman–Crippen MR) is 146 cm³/mol. The Labute approximate surface area is 228 Å². The topological polar surface area (TPSA) is 122 Å². The number of carbonyl (C=O) groups excluding carboxylic acids is 4. The molecule has 0 unspecified atom stereocenters. The Morgan fingerprint density at radius 1 is 1.15 bits per heavy atom. The van der Waals surface area contributed by atoms with Gasteiger partial charge in [0.2, 0.25) is 17.7 Å². The second-order valence-corrected chi connectivity index (χ2v) is 11.0. The number of nitrogens with zero attached hydrogens (tertiary/aromatic N) is 2. The van der Waals surface area contributed by atoms with Crippen molar-refractivity contribution in [3.05, 3.63) is 71.3 Å². The van der Waals surface area contributed by atoms with Crippen LogP contribution in [0.2, 0.25) is 0 Å². The van der Waals surface area contributed by atoms with Crippen LogP contribution in [0.4, 0.5) is 10.5 Å². The van der Waals surface area contributed by atoms with Gasteiger partial charge >= 0.3 is 6.09 Å². The van der Waals surface area contributed by atoms with E-state index in [2.05, 4.69) is 5.32 Å². The monoisotopic (exact) mass is 530 g/mol. The second kappa shape index (κ2) is 10.6. The molecule has 0 saturated carbocycles. The summed E-state index contributed by atoms with van der Waals surface area (Å²) in [7, 11) is 0. The van der Waals surface area contributed by atoms with E-state index >= 15 is 0 Å². The van der Waals surface area contributed by atoms with Crippen molar-refractivity contribution in [2.45, 2.75) is 57.2 Å². The standard InChI is InChI=1S/C30H34N4O5/c1-19(2)14-24-27(36)34-18-30(16-25(34)26(31)35)22-15-20(11-12-23(22)32-28(30)37)8-6-7-13-33(24)29(38)39-17-21-9-4-3-5-10-21/h3-6,8-12,15,19,24-25H,7,13-14,16-18H2,1-2H3,(H2,31,35)(H,32,37)/b8-6-/t24-,25-,30-/m0/s1. The highest BCUT2D eigenvalue weighted by Gasteiger charge is 2.58. The predicted octanol–water partition coefficient (Wildman–Crippen LogP) is 3.43. The molecule has 0 aliphatic carbocycles. The van der Waals surface area contributed by atoms with Crippen molar-refractivity contribution < 1.29 is 23.9 Å². The molecule has 9 heteroatoms. The van der Waals surface area contributed by atoms with E-state index in [-0.39, 0.29) is 37.9 Å². The Bertz CT molecular complexity index is 1320. The molecule has 3 N–H and O–H groups in total. The molecule has 3 aliphatic heterocycles. The van der Waals surface area contributed by atoms with Crippen LogP contribution in [-0.2, 0) is 31.1 Å². The normalized spacial score (nSPS) is 25.0. The molecule has 1 spiro atoms. The first-order chi connectivity index (χ1) is 18.7. The lowest BCUT2D eigenvalue weighted by molar-refractivity contribution is -0.142. The summed E-state index contributed by atoms with van der Waals surface area (Å²) in [5.41, 5.74) is 7.88. The number of nitrogens with two attached hydrogens (primary N) is 1. The fourth-order valence-electron chi connectivity index (χ4n) is 5.89. The number of ether oxygens (including phenoxy) is 1. The molecule has 4 amide bonds. The smallest absolute Gasteiger partial charge is 0.410 e. The average molecular weight is 531 g/mol. The zero-order valence-electron chi connectivity index (χ0n) is 22.3. The number of rotatable bonds is 5. The summed E-state index contributed by atoms with van der Waals surface area (Å²) < 4.78 is 5.67. The molecule has 1 fully saturated rings. The fraction of sp³-hybridized carbons (Fsp3) is 0.400. The van der Waals surface area contributed by atoms with Gasteiger partial charge in [-0.05, 0) is 54.0 Å². The molecular weight excluding hydrogens is 496 g/mol. The van der Waals surface area contributed by atoms with Crippen LogP contribution in [0.3, 0.4) is 0 Å². The molecule has 9 nitrogen and oxygen atoms in total. The van der Waals surface area contributed by atoms with Crippen LogP contribution in [0.25, 0.3) is 6.08 Å². The van der Waals surface area contributed by atoms with Crippen molar-refractivity contribution in [3.63, 3.8) is 0 Å². The van der Waals surface area contributed by atoms with Crippen molar-refractivity contribution in [1.82, 2.24) is 9.80 Å². The lowest BCUT2D eigenvalue weighted by Crippen LogP contribution is -2.55. The highest BCUT2D eigenvalue weighted by atomic mass is 16.6. The number of nitrogens with one attached hydrogen (secondary N) is 1. The van der Waals surface area contributed by atoms with Gasteiger partial charge in [0.15, 0.2) is 0 Å². The molecule has 3 heterocycles. The van der Waals surface area contributed by atoms with Gasteiger partial charge in [-0.1, -0.05) is 62.4 Å². The number of benzene rings is 2. The minimum absolute atomic E-state index is 0.00688. The first-order valence-corrected chi connectivity index (χ1v) is 13.4. The molecular formula is C30H34N4O5. The fourth-order valence-corrected chi connectivity index (χ4v) is 5.89. The summed E-state index contributed by atoms with van der Waals surface area (Å²) in [6.07, 6.45) is 4.24. The van der Waals surface area contributed by atoms with Crippen molar-refractivity contribution in [2.75, 3.05) is 18.4 Å². The SMILES string of the molecule is CC(C)C[C@H]1C(=O)N2C[C@]3(C[C@H]2C(N)=O)C(=O)Nc2ccc(cc23)/C=C\CCN1C(=O)OCc1ccccc1. The Hall–Kier alpha value is -4.14. The molecule has 3 aliphatic rings. The highest BCUT2D eigenvalue weighted by molar-refractivity contribution is 6.08. The highest BCUT2D eigenvalue weighted by Crippen LogP contribution is 2.47. The Morgan fingerprint density at radius 2 is 1.92 bits per heavy atom. The molecule has 1 saturated heterocycles. The van der Waals surface area contributed by atoms with Crippen LogP contribution in [0, 0.1) is 5.92 Å². The van der Waals surface area contributed by atoms with Crippen molar-refractivity contribution in [3.8, 4) is 0 Å². The van der Waals surface area contributed by atoms with E-state index in [1.165, 1.54) is 9.80 Å². The lowest BCUT2D eigenvalue weighted by Gasteiger charge is -2.35. The summed E-state index contributed by atoms with van der Waals surface area (Å²) in [4.78, 5) is 56.7. The van der Waals surface area contributed by atoms with E-state index in [9.17, 15) is 19.2 Å². The quantitative estimate of drug-likeness (QED) is 0.613. The third kappa shape index (κ3) is 5.01. The largest absolute Gasteiger partial charge is 0.445 e. The summed E-state index contributed by atoms with van der Waals surface area (Å²) in [6.45, 7) is 4.27. The van der Waals surface area contributed by atoms with Gasteiger partial charge < -0.3 is 20.7 Å². The van der Waals surface area contributed by atoms with E-state index in [4.69, 9.17) is 10.5 Å².